The highest BCUT2D eigenvalue weighted by Gasteiger charge is 2.16. The molecule has 0 saturated heterocycles. The summed E-state index contributed by atoms with van der Waals surface area (Å²) in [6.07, 6.45) is 0. The van der Waals surface area contributed by atoms with Gasteiger partial charge in [-0.1, -0.05) is 30.3 Å². The Balaban J connectivity index is 2.42. The van der Waals surface area contributed by atoms with Crippen molar-refractivity contribution in [2.45, 2.75) is 13.8 Å². The first-order chi connectivity index (χ1) is 11.2. The van der Waals surface area contributed by atoms with Crippen molar-refractivity contribution >= 4 is 23.4 Å². The van der Waals surface area contributed by atoms with E-state index in [-0.39, 0.29) is 5.63 Å². The van der Waals surface area contributed by atoms with Crippen molar-refractivity contribution in [2.24, 2.45) is 4.99 Å². The minimum Gasteiger partial charge on any atom is -0.491 e. The summed E-state index contributed by atoms with van der Waals surface area (Å²) < 4.78 is 11.1. The van der Waals surface area contributed by atoms with E-state index in [0.717, 1.165) is 22.1 Å². The lowest BCUT2D eigenvalue weighted by atomic mass is 9.99. The second-order valence-corrected chi connectivity index (χ2v) is 5.16. The fourth-order valence-electron chi connectivity index (χ4n) is 2.72. The zero-order valence-corrected chi connectivity index (χ0v) is 13.1. The van der Waals surface area contributed by atoms with E-state index in [9.17, 15) is 4.79 Å². The Bertz CT molecular complexity index is 927. The average molecular weight is 307 g/mol. The molecular formula is C19H17NO3. The fourth-order valence-corrected chi connectivity index (χ4v) is 2.72. The lowest BCUT2D eigenvalue weighted by Gasteiger charge is -2.14. The van der Waals surface area contributed by atoms with Gasteiger partial charge in [-0.15, -0.1) is 0 Å². The maximum absolute atomic E-state index is 12.0. The van der Waals surface area contributed by atoms with Gasteiger partial charge in [0, 0.05) is 17.0 Å². The Morgan fingerprint density at radius 3 is 2.61 bits per heavy atom. The molecule has 0 N–H and O–H groups in total. The third kappa shape index (κ3) is 2.63. The van der Waals surface area contributed by atoms with Gasteiger partial charge in [-0.25, -0.2) is 4.79 Å². The van der Waals surface area contributed by atoms with Gasteiger partial charge in [-0.2, -0.15) is 0 Å². The summed E-state index contributed by atoms with van der Waals surface area (Å²) >= 11 is 0. The number of nitrogens with zero attached hydrogens (tertiary/aromatic N) is 1. The normalized spacial score (nSPS) is 10.7. The van der Waals surface area contributed by atoms with E-state index in [0.29, 0.717) is 23.6 Å². The number of benzene rings is 2. The molecule has 0 amide bonds. The first kappa shape index (κ1) is 15.0. The molecular weight excluding hydrogens is 290 g/mol. The van der Waals surface area contributed by atoms with Crippen LogP contribution in [0.5, 0.6) is 5.75 Å². The SMILES string of the molecule is C=Nc1cc2c(-c3ccccc3)cc(=O)oc2c(C)c1OCC. The molecule has 0 atom stereocenters. The van der Waals surface area contributed by atoms with Crippen LogP contribution >= 0.6 is 0 Å². The molecule has 0 radical (unpaired) electrons. The van der Waals surface area contributed by atoms with Crippen LogP contribution in [0.3, 0.4) is 0 Å². The second kappa shape index (κ2) is 6.08. The van der Waals surface area contributed by atoms with Gasteiger partial charge < -0.3 is 9.15 Å². The summed E-state index contributed by atoms with van der Waals surface area (Å²) in [5.41, 5.74) is 3.29. The molecule has 1 heterocycles. The highest BCUT2D eigenvalue weighted by Crippen LogP contribution is 2.40. The predicted molar refractivity (Wildman–Crippen MR) is 93.0 cm³/mol. The molecule has 3 aromatic rings. The van der Waals surface area contributed by atoms with Gasteiger partial charge in [-0.3, -0.25) is 4.99 Å². The molecule has 0 unspecified atom stereocenters. The van der Waals surface area contributed by atoms with E-state index in [1.165, 1.54) is 6.07 Å². The van der Waals surface area contributed by atoms with Crippen molar-refractivity contribution in [3.8, 4) is 16.9 Å². The molecule has 23 heavy (non-hydrogen) atoms. The number of ether oxygens (including phenoxy) is 1. The molecule has 3 rings (SSSR count). The van der Waals surface area contributed by atoms with Gasteiger partial charge in [0.1, 0.15) is 11.3 Å². The number of fused-ring (bicyclic) bond motifs is 1. The van der Waals surface area contributed by atoms with Crippen LogP contribution in [0.4, 0.5) is 5.69 Å². The molecule has 4 heteroatoms. The van der Waals surface area contributed by atoms with E-state index >= 15 is 0 Å². The summed E-state index contributed by atoms with van der Waals surface area (Å²) in [6, 6.07) is 13.1. The molecule has 116 valence electrons. The molecule has 0 aliphatic heterocycles. The van der Waals surface area contributed by atoms with E-state index in [4.69, 9.17) is 9.15 Å². The average Bonchev–Trinajstić information content (AvgIpc) is 2.58. The zero-order valence-electron chi connectivity index (χ0n) is 13.1. The first-order valence-electron chi connectivity index (χ1n) is 7.42. The van der Waals surface area contributed by atoms with Crippen LogP contribution in [-0.4, -0.2) is 13.3 Å². The first-order valence-corrected chi connectivity index (χ1v) is 7.42. The van der Waals surface area contributed by atoms with Crippen LogP contribution in [0.1, 0.15) is 12.5 Å². The van der Waals surface area contributed by atoms with E-state index < -0.39 is 0 Å². The Labute approximate surface area is 134 Å². The van der Waals surface area contributed by atoms with E-state index in [1.54, 1.807) is 0 Å². The third-order valence-electron chi connectivity index (χ3n) is 3.74. The molecule has 0 aliphatic rings. The molecule has 0 fully saturated rings. The maximum atomic E-state index is 12.0. The van der Waals surface area contributed by atoms with Crippen LogP contribution in [0.15, 0.2) is 56.7 Å². The monoisotopic (exact) mass is 307 g/mol. The van der Waals surface area contributed by atoms with Crippen molar-refractivity contribution in [1.82, 2.24) is 0 Å². The van der Waals surface area contributed by atoms with Crippen LogP contribution in [0.25, 0.3) is 22.1 Å². The van der Waals surface area contributed by atoms with Gasteiger partial charge in [-0.05, 0) is 37.8 Å². The number of hydrogen-bond donors (Lipinski definition) is 0. The van der Waals surface area contributed by atoms with Crippen molar-refractivity contribution in [3.05, 3.63) is 58.4 Å². The summed E-state index contributed by atoms with van der Waals surface area (Å²) in [5.74, 6) is 0.600. The van der Waals surface area contributed by atoms with Gasteiger partial charge >= 0.3 is 5.63 Å². The zero-order chi connectivity index (χ0) is 16.4. The largest absolute Gasteiger partial charge is 0.491 e. The van der Waals surface area contributed by atoms with Crippen LogP contribution in [0, 0.1) is 6.92 Å². The van der Waals surface area contributed by atoms with Crippen LogP contribution in [-0.2, 0) is 0 Å². The lowest BCUT2D eigenvalue weighted by molar-refractivity contribution is 0.339. The molecule has 4 nitrogen and oxygen atoms in total. The minimum atomic E-state index is -0.388. The van der Waals surface area contributed by atoms with Gasteiger partial charge in [0.05, 0.1) is 6.61 Å². The van der Waals surface area contributed by atoms with E-state index in [2.05, 4.69) is 11.7 Å². The predicted octanol–water partition coefficient (Wildman–Crippen LogP) is 4.50. The molecule has 0 aliphatic carbocycles. The highest BCUT2D eigenvalue weighted by molar-refractivity contribution is 5.98. The van der Waals surface area contributed by atoms with Crippen molar-refractivity contribution in [1.29, 1.82) is 0 Å². The fraction of sp³-hybridized carbons (Fsp3) is 0.158. The van der Waals surface area contributed by atoms with Crippen molar-refractivity contribution in [2.75, 3.05) is 6.61 Å². The molecule has 2 aromatic carbocycles. The quantitative estimate of drug-likeness (QED) is 0.527. The molecule has 0 spiro atoms. The van der Waals surface area contributed by atoms with Gasteiger partial charge in [0.2, 0.25) is 0 Å². The van der Waals surface area contributed by atoms with Crippen LogP contribution in [0.2, 0.25) is 0 Å². The third-order valence-corrected chi connectivity index (χ3v) is 3.74. The molecule has 1 aromatic heterocycles. The van der Waals surface area contributed by atoms with E-state index in [1.807, 2.05) is 50.2 Å². The molecule has 0 saturated carbocycles. The Morgan fingerprint density at radius 1 is 1.22 bits per heavy atom. The number of aryl methyl sites for hydroxylation is 1. The number of aliphatic imine (C=N–C) groups is 1. The Kier molecular flexibility index (Phi) is 3.98. The van der Waals surface area contributed by atoms with Crippen molar-refractivity contribution in [3.63, 3.8) is 0 Å². The Hall–Kier alpha value is -2.88. The number of rotatable bonds is 4. The summed E-state index contributed by atoms with van der Waals surface area (Å²) in [5, 5.41) is 0.819. The number of hydrogen-bond acceptors (Lipinski definition) is 4. The smallest absolute Gasteiger partial charge is 0.336 e. The van der Waals surface area contributed by atoms with Crippen molar-refractivity contribution < 1.29 is 9.15 Å². The van der Waals surface area contributed by atoms with Gasteiger partial charge in [0.25, 0.3) is 0 Å². The maximum Gasteiger partial charge on any atom is 0.336 e. The molecule has 0 bridgehead atoms. The minimum absolute atomic E-state index is 0.388. The van der Waals surface area contributed by atoms with Crippen LogP contribution < -0.4 is 10.4 Å². The summed E-state index contributed by atoms with van der Waals surface area (Å²) in [4.78, 5) is 16.1. The second-order valence-electron chi connectivity index (χ2n) is 5.16. The van der Waals surface area contributed by atoms with Gasteiger partial charge in [0.15, 0.2) is 5.75 Å². The standard InChI is InChI=1S/C19H17NO3/c1-4-22-19-12(2)18-15(10-16(19)20-3)14(11-17(21)23-18)13-8-6-5-7-9-13/h5-11H,3-4H2,1-2H3. The summed E-state index contributed by atoms with van der Waals surface area (Å²) in [6.45, 7) is 7.87. The Morgan fingerprint density at radius 2 is 1.96 bits per heavy atom. The topological polar surface area (TPSA) is 51.8 Å². The summed E-state index contributed by atoms with van der Waals surface area (Å²) in [7, 11) is 0. The lowest BCUT2D eigenvalue weighted by Crippen LogP contribution is -2.01. The highest BCUT2D eigenvalue weighted by atomic mass is 16.5.